The lowest BCUT2D eigenvalue weighted by atomic mass is 10.1. The number of halogens is 6. The van der Waals surface area contributed by atoms with Gasteiger partial charge < -0.3 is 15.5 Å². The summed E-state index contributed by atoms with van der Waals surface area (Å²) in [7, 11) is 0. The number of carboxylic acids is 2. The van der Waals surface area contributed by atoms with E-state index < -0.39 is 52.5 Å². The molecular weight excluding hydrogens is 654 g/mol. The van der Waals surface area contributed by atoms with Crippen molar-refractivity contribution < 1.29 is 50.9 Å². The second kappa shape index (κ2) is 11.6. The quantitative estimate of drug-likeness (QED) is 0.192. The molecule has 1 aliphatic rings. The Kier molecular flexibility index (Phi) is 7.68. The van der Waals surface area contributed by atoms with Crippen molar-refractivity contribution in [1.29, 1.82) is 0 Å². The van der Waals surface area contributed by atoms with Gasteiger partial charge in [-0.05, 0) is 61.4 Å². The topological polar surface area (TPSA) is 178 Å². The third-order valence-corrected chi connectivity index (χ3v) is 7.12. The number of benzene rings is 2. The smallest absolute Gasteiger partial charge is 0.417 e. The number of nitrogens with zero attached hydrogens (tertiary/aromatic N) is 7. The maximum Gasteiger partial charge on any atom is 0.417 e. The average molecular weight is 673 g/mol. The largest absolute Gasteiger partial charge is 0.478 e. The number of alkyl halides is 6. The van der Waals surface area contributed by atoms with E-state index in [2.05, 4.69) is 30.9 Å². The summed E-state index contributed by atoms with van der Waals surface area (Å²) in [5.74, 6) is -4.05. The molecule has 0 saturated heterocycles. The summed E-state index contributed by atoms with van der Waals surface area (Å²) >= 11 is 0. The lowest BCUT2D eigenvalue weighted by Crippen LogP contribution is -2.25. The highest BCUT2D eigenvalue weighted by Gasteiger charge is 2.37. The maximum atomic E-state index is 13.6. The second-order valence-electron chi connectivity index (χ2n) is 10.5. The highest BCUT2D eigenvalue weighted by Crippen LogP contribution is 2.35. The van der Waals surface area contributed by atoms with E-state index in [0.717, 1.165) is 46.5 Å². The summed E-state index contributed by atoms with van der Waals surface area (Å²) in [6.45, 7) is 0. The lowest BCUT2D eigenvalue weighted by Gasteiger charge is -2.12. The minimum atomic E-state index is -4.99. The van der Waals surface area contributed by atoms with Crippen molar-refractivity contribution in [1.82, 2.24) is 40.3 Å². The summed E-state index contributed by atoms with van der Waals surface area (Å²) < 4.78 is 83.4. The molecule has 0 radical (unpaired) electrons. The van der Waals surface area contributed by atoms with Gasteiger partial charge in [-0.3, -0.25) is 4.79 Å². The number of amides is 1. The number of rotatable bonds is 8. The molecule has 48 heavy (non-hydrogen) atoms. The van der Waals surface area contributed by atoms with E-state index in [4.69, 9.17) is 0 Å². The van der Waals surface area contributed by atoms with E-state index in [-0.39, 0.29) is 45.8 Å². The molecule has 1 amide bonds. The molecule has 0 bridgehead atoms. The first-order chi connectivity index (χ1) is 22.6. The van der Waals surface area contributed by atoms with Gasteiger partial charge in [0.05, 0.1) is 57.4 Å². The average Bonchev–Trinajstić information content (AvgIpc) is 3.47. The van der Waals surface area contributed by atoms with Gasteiger partial charge in [0, 0.05) is 11.6 Å². The Hall–Kier alpha value is -6.14. The van der Waals surface area contributed by atoms with Gasteiger partial charge >= 0.3 is 24.3 Å². The Balaban J connectivity index is 1.39. The highest BCUT2D eigenvalue weighted by atomic mass is 19.4. The van der Waals surface area contributed by atoms with E-state index in [9.17, 15) is 50.9 Å². The molecule has 6 rings (SSSR count). The zero-order valence-corrected chi connectivity index (χ0v) is 23.8. The SMILES string of the molecule is O=C(NC1CC1)c1cc(-c2cn(-c3ccc(C(=O)O)c(C(F)(F)F)c3)nn2)nc(-c2cn(-c3ccc(C(=O)O)c(C(F)(F)F)c3)nn2)c1. The van der Waals surface area contributed by atoms with E-state index in [1.807, 2.05) is 0 Å². The van der Waals surface area contributed by atoms with Gasteiger partial charge in [-0.15, -0.1) is 10.2 Å². The van der Waals surface area contributed by atoms with Crippen LogP contribution in [0.4, 0.5) is 26.3 Å². The van der Waals surface area contributed by atoms with Crippen molar-refractivity contribution >= 4 is 17.8 Å². The maximum absolute atomic E-state index is 13.6. The Labute approximate surface area is 263 Å². The molecule has 0 unspecified atom stereocenters. The lowest BCUT2D eigenvalue weighted by molar-refractivity contribution is -0.138. The molecule has 2 aromatic carbocycles. The summed E-state index contributed by atoms with van der Waals surface area (Å²) in [5, 5.41) is 36.7. The van der Waals surface area contributed by atoms with Crippen LogP contribution in [0.5, 0.6) is 0 Å². The molecule has 3 heterocycles. The standard InChI is InChI=1S/C29H18F6N8O5/c30-28(31,32)19-9-15(3-5-17(19)26(45)46)42-11-23(38-40-42)21-7-13(25(44)36-14-1-2-14)8-22(37-21)24-12-43(41-39-24)16-4-6-18(27(47)48)20(10-16)29(33,34)35/h3-12,14H,1-2H2,(H,36,44)(H,45,46)(H,47,48). The molecule has 3 N–H and O–H groups in total. The van der Waals surface area contributed by atoms with Gasteiger partial charge in [-0.1, -0.05) is 10.4 Å². The first-order valence-electron chi connectivity index (χ1n) is 13.7. The number of hydrogen-bond donors (Lipinski definition) is 3. The number of carboxylic acid groups (broad SMARTS) is 2. The summed E-state index contributed by atoms with van der Waals surface area (Å²) in [4.78, 5) is 40.1. The Morgan fingerprint density at radius 2 is 1.12 bits per heavy atom. The van der Waals surface area contributed by atoms with E-state index in [1.54, 1.807) is 0 Å². The molecule has 5 aromatic rings. The van der Waals surface area contributed by atoms with Crippen molar-refractivity contribution in [3.05, 3.63) is 88.7 Å². The molecule has 13 nitrogen and oxygen atoms in total. The fourth-order valence-electron chi connectivity index (χ4n) is 4.63. The van der Waals surface area contributed by atoms with Crippen molar-refractivity contribution in [2.24, 2.45) is 0 Å². The van der Waals surface area contributed by atoms with Crippen molar-refractivity contribution in [2.75, 3.05) is 0 Å². The second-order valence-corrected chi connectivity index (χ2v) is 10.5. The predicted octanol–water partition coefficient (Wildman–Crippen LogP) is 4.90. The van der Waals surface area contributed by atoms with Gasteiger partial charge in [0.15, 0.2) is 0 Å². The fraction of sp³-hybridized carbons (Fsp3) is 0.172. The predicted molar refractivity (Wildman–Crippen MR) is 149 cm³/mol. The van der Waals surface area contributed by atoms with Gasteiger partial charge in [0.2, 0.25) is 0 Å². The van der Waals surface area contributed by atoms with Crippen LogP contribution in [-0.2, 0) is 12.4 Å². The number of carbonyl (C=O) groups excluding carboxylic acids is 1. The molecular formula is C29H18F6N8O5. The van der Waals surface area contributed by atoms with Crippen molar-refractivity contribution in [2.45, 2.75) is 31.2 Å². The minimum absolute atomic E-state index is 0.0117. The summed E-state index contributed by atoms with van der Waals surface area (Å²) in [5.41, 5.74) is -5.04. The number of hydrogen-bond acceptors (Lipinski definition) is 8. The van der Waals surface area contributed by atoms with Crippen LogP contribution in [0.1, 0.15) is 55.0 Å². The Bertz CT molecular complexity index is 1970. The van der Waals surface area contributed by atoms with Crippen LogP contribution in [0.15, 0.2) is 60.9 Å². The zero-order valence-electron chi connectivity index (χ0n) is 23.8. The van der Waals surface area contributed by atoms with Gasteiger partial charge in [-0.2, -0.15) is 26.3 Å². The molecule has 1 aliphatic carbocycles. The van der Waals surface area contributed by atoms with Crippen LogP contribution < -0.4 is 5.32 Å². The fourth-order valence-corrected chi connectivity index (χ4v) is 4.63. The number of pyridine rings is 1. The zero-order chi connectivity index (χ0) is 34.5. The normalized spacial score (nSPS) is 13.4. The van der Waals surface area contributed by atoms with Crippen LogP contribution in [0.25, 0.3) is 34.2 Å². The first-order valence-corrected chi connectivity index (χ1v) is 13.7. The molecule has 1 fully saturated rings. The molecule has 19 heteroatoms. The first kappa shape index (κ1) is 31.8. The third kappa shape index (κ3) is 6.42. The third-order valence-electron chi connectivity index (χ3n) is 7.12. The van der Waals surface area contributed by atoms with Crippen LogP contribution >= 0.6 is 0 Å². The summed E-state index contributed by atoms with van der Waals surface area (Å²) in [6.07, 6.45) is -6.05. The van der Waals surface area contributed by atoms with Gasteiger partial charge in [0.1, 0.15) is 11.4 Å². The van der Waals surface area contributed by atoms with Crippen molar-refractivity contribution in [3.8, 4) is 34.2 Å². The monoisotopic (exact) mass is 672 g/mol. The van der Waals surface area contributed by atoms with E-state index in [1.165, 1.54) is 24.5 Å². The van der Waals surface area contributed by atoms with Crippen molar-refractivity contribution in [3.63, 3.8) is 0 Å². The van der Waals surface area contributed by atoms with Crippen LogP contribution in [0.3, 0.4) is 0 Å². The van der Waals surface area contributed by atoms with E-state index in [0.29, 0.717) is 12.1 Å². The number of nitrogens with one attached hydrogen (secondary N) is 1. The van der Waals surface area contributed by atoms with Gasteiger partial charge in [0.25, 0.3) is 5.91 Å². The van der Waals surface area contributed by atoms with E-state index >= 15 is 0 Å². The number of carbonyl (C=O) groups is 3. The Morgan fingerprint density at radius 3 is 1.50 bits per heavy atom. The van der Waals surface area contributed by atoms with Crippen LogP contribution in [0.2, 0.25) is 0 Å². The number of aromatic nitrogens is 7. The Morgan fingerprint density at radius 1 is 0.688 bits per heavy atom. The summed E-state index contributed by atoms with van der Waals surface area (Å²) in [6, 6.07) is 7.56. The molecule has 3 aromatic heterocycles. The molecule has 0 spiro atoms. The number of aromatic carboxylic acids is 2. The molecule has 1 saturated carbocycles. The van der Waals surface area contributed by atoms with Crippen LogP contribution in [-0.4, -0.2) is 69.1 Å². The van der Waals surface area contributed by atoms with Gasteiger partial charge in [-0.25, -0.2) is 23.9 Å². The molecule has 0 atom stereocenters. The molecule has 246 valence electrons. The highest BCUT2D eigenvalue weighted by molar-refractivity contribution is 5.96. The van der Waals surface area contributed by atoms with Crippen LogP contribution in [0, 0.1) is 0 Å². The molecule has 0 aliphatic heterocycles. The minimum Gasteiger partial charge on any atom is -0.478 e.